The first kappa shape index (κ1) is 18.2. The average Bonchev–Trinajstić information content (AvgIpc) is 2.27. The number of carbonyl (C=O) groups is 1. The molecule has 2 nitrogen and oxygen atoms in total. The molecule has 0 atom stereocenters. The quantitative estimate of drug-likeness (QED) is 0.434. The third-order valence-corrected chi connectivity index (χ3v) is 1.83. The van der Waals surface area contributed by atoms with Crippen molar-refractivity contribution < 1.29 is 37.5 Å². The van der Waals surface area contributed by atoms with Crippen molar-refractivity contribution in [2.45, 2.75) is 27.2 Å². The van der Waals surface area contributed by atoms with Gasteiger partial charge in [0.15, 0.2) is 0 Å². The molecule has 0 fully saturated rings. The summed E-state index contributed by atoms with van der Waals surface area (Å²) in [6, 6.07) is 0. The second kappa shape index (κ2) is 11.3. The van der Waals surface area contributed by atoms with E-state index in [0.717, 1.165) is 6.42 Å². The molecular formula is C13H19NOY-2. The monoisotopic (exact) mass is 294 g/mol. The summed E-state index contributed by atoms with van der Waals surface area (Å²) in [4.78, 5) is 13.2. The number of likely N-dealkylation sites (N-methyl/N-ethyl adjacent to an activating group) is 1. The summed E-state index contributed by atoms with van der Waals surface area (Å²) in [6.07, 6.45) is 11.1. The van der Waals surface area contributed by atoms with E-state index >= 15 is 0 Å². The van der Waals surface area contributed by atoms with Crippen LogP contribution < -0.4 is 0 Å². The Morgan fingerprint density at radius 3 is 2.50 bits per heavy atom. The van der Waals surface area contributed by atoms with Gasteiger partial charge in [0.2, 0.25) is 0 Å². The molecule has 0 saturated heterocycles. The van der Waals surface area contributed by atoms with Gasteiger partial charge < -0.3 is 9.69 Å². The topological polar surface area (TPSA) is 20.3 Å². The maximum Gasteiger partial charge on any atom is 0.138 e. The summed E-state index contributed by atoms with van der Waals surface area (Å²) in [5.41, 5.74) is 0.548. The van der Waals surface area contributed by atoms with Crippen LogP contribution in [0.25, 0.3) is 0 Å². The fraction of sp³-hybridized carbons (Fsp3) is 0.385. The Balaban J connectivity index is 0. The van der Waals surface area contributed by atoms with Gasteiger partial charge in [-0.15, -0.1) is 24.3 Å². The molecule has 0 aliphatic heterocycles. The predicted molar refractivity (Wildman–Crippen MR) is 63.7 cm³/mol. The summed E-state index contributed by atoms with van der Waals surface area (Å²) in [5, 5.41) is 0. The first-order valence-corrected chi connectivity index (χ1v) is 5.20. The number of carbonyl (C=O) groups excluding carboxylic acids is 1. The van der Waals surface area contributed by atoms with E-state index in [2.05, 4.69) is 13.1 Å². The molecule has 0 aromatic rings. The second-order valence-electron chi connectivity index (χ2n) is 3.03. The van der Waals surface area contributed by atoms with Gasteiger partial charge in [0.05, 0.1) is 0 Å². The third kappa shape index (κ3) is 7.13. The van der Waals surface area contributed by atoms with Crippen molar-refractivity contribution in [3.8, 4) is 0 Å². The fourth-order valence-electron chi connectivity index (χ4n) is 0.904. The smallest absolute Gasteiger partial charge is 0.138 e. The largest absolute Gasteiger partial charge is 0.533 e. The van der Waals surface area contributed by atoms with Gasteiger partial charge in [-0.1, -0.05) is 26.3 Å². The van der Waals surface area contributed by atoms with Crippen LogP contribution in [0.2, 0.25) is 0 Å². The Morgan fingerprint density at radius 2 is 2.06 bits per heavy atom. The molecule has 0 spiro atoms. The molecule has 0 aliphatic rings. The summed E-state index contributed by atoms with van der Waals surface area (Å²) in [5.74, 6) is -0.0969. The molecule has 16 heavy (non-hydrogen) atoms. The normalized spacial score (nSPS) is 11.9. The summed E-state index contributed by atoms with van der Waals surface area (Å²) < 4.78 is 0. The van der Waals surface area contributed by atoms with Crippen LogP contribution in [0.4, 0.5) is 0 Å². The van der Waals surface area contributed by atoms with Gasteiger partial charge in [0.1, 0.15) is 5.91 Å². The third-order valence-electron chi connectivity index (χ3n) is 1.83. The van der Waals surface area contributed by atoms with Crippen molar-refractivity contribution in [2.75, 3.05) is 6.54 Å². The summed E-state index contributed by atoms with van der Waals surface area (Å²) in [6.45, 7) is 6.40. The van der Waals surface area contributed by atoms with Crippen LogP contribution in [0.5, 0.6) is 0 Å². The molecule has 0 saturated carbocycles. The Bertz CT molecular complexity index is 280. The fourth-order valence-corrected chi connectivity index (χ4v) is 0.904. The average molecular weight is 294 g/mol. The van der Waals surface area contributed by atoms with E-state index in [1.165, 1.54) is 4.90 Å². The van der Waals surface area contributed by atoms with Crippen molar-refractivity contribution >= 4 is 5.91 Å². The number of rotatable bonds is 5. The summed E-state index contributed by atoms with van der Waals surface area (Å²) >= 11 is 0. The van der Waals surface area contributed by atoms with Gasteiger partial charge in [-0.05, 0) is 13.0 Å². The molecule has 1 amide bonds. The van der Waals surface area contributed by atoms with E-state index in [1.54, 1.807) is 12.2 Å². The molecule has 0 heterocycles. The first-order valence-electron chi connectivity index (χ1n) is 5.20. The van der Waals surface area contributed by atoms with Crippen LogP contribution in [0.1, 0.15) is 27.2 Å². The Labute approximate surface area is 124 Å². The maximum atomic E-state index is 11.8. The molecular weight excluding hydrogens is 275 g/mol. The van der Waals surface area contributed by atoms with Gasteiger partial charge in [0, 0.05) is 32.7 Å². The van der Waals surface area contributed by atoms with Crippen LogP contribution in [-0.2, 0) is 37.5 Å². The van der Waals surface area contributed by atoms with Crippen LogP contribution >= 0.6 is 0 Å². The number of nitrogens with zero attached hydrogens (tertiary/aromatic N) is 1. The molecule has 1 radical (unpaired) electrons. The zero-order valence-corrected chi connectivity index (χ0v) is 13.2. The molecule has 0 aromatic heterocycles. The maximum absolute atomic E-state index is 11.8. The molecule has 0 N–H and O–H groups in total. The Morgan fingerprint density at radius 1 is 1.44 bits per heavy atom. The molecule has 0 aromatic carbocycles. The molecule has 3 heteroatoms. The Hall–Kier alpha value is -0.206. The summed E-state index contributed by atoms with van der Waals surface area (Å²) in [7, 11) is 3.66. The standard InChI is InChI=1S/C13H19NO.Y/c1-5-8-10-12(11-9-6-2)13(15)14(4)7-3;/h5,8-9,11H,4,6-7H2,1-3H3;/q-2;/b8-5-,11-9-;. The SMILES string of the molecule is [CH2-]N(CC)C(=O)C(=[C-]/C=C\C)/C=C\CC.[Y]. The van der Waals surface area contributed by atoms with Gasteiger partial charge in [-0.2, -0.15) is 6.08 Å². The van der Waals surface area contributed by atoms with Crippen molar-refractivity contribution in [3.63, 3.8) is 0 Å². The van der Waals surface area contributed by atoms with Gasteiger partial charge >= 0.3 is 0 Å². The van der Waals surface area contributed by atoms with E-state index in [-0.39, 0.29) is 38.6 Å². The number of amides is 1. The molecule has 0 aliphatic carbocycles. The van der Waals surface area contributed by atoms with Gasteiger partial charge in [0.25, 0.3) is 0 Å². The number of hydrogen-bond acceptors (Lipinski definition) is 1. The molecule has 0 rings (SSSR count). The number of allylic oxidation sites excluding steroid dienone is 4. The minimum atomic E-state index is -0.0969. The van der Waals surface area contributed by atoms with Crippen LogP contribution in [-0.4, -0.2) is 17.4 Å². The molecule has 87 valence electrons. The van der Waals surface area contributed by atoms with Crippen LogP contribution in [0, 0.1) is 13.1 Å². The van der Waals surface area contributed by atoms with Gasteiger partial charge in [-0.25, -0.2) is 0 Å². The Kier molecular flexibility index (Phi) is 12.8. The van der Waals surface area contributed by atoms with E-state index in [4.69, 9.17) is 0 Å². The van der Waals surface area contributed by atoms with Crippen molar-refractivity contribution in [1.82, 2.24) is 4.90 Å². The van der Waals surface area contributed by atoms with Crippen molar-refractivity contribution in [1.29, 1.82) is 0 Å². The first-order chi connectivity index (χ1) is 7.17. The van der Waals surface area contributed by atoms with Crippen LogP contribution in [0.15, 0.2) is 29.9 Å². The van der Waals surface area contributed by atoms with Gasteiger partial charge in [-0.3, -0.25) is 7.05 Å². The van der Waals surface area contributed by atoms with Crippen molar-refractivity contribution in [3.05, 3.63) is 43.0 Å². The minimum absolute atomic E-state index is 0. The zero-order chi connectivity index (χ0) is 11.7. The predicted octanol–water partition coefficient (Wildman–Crippen LogP) is 2.90. The molecule has 0 unspecified atom stereocenters. The van der Waals surface area contributed by atoms with Crippen molar-refractivity contribution in [2.24, 2.45) is 0 Å². The van der Waals surface area contributed by atoms with Crippen LogP contribution in [0.3, 0.4) is 0 Å². The molecule has 0 bridgehead atoms. The zero-order valence-electron chi connectivity index (χ0n) is 10.4. The van der Waals surface area contributed by atoms with E-state index in [0.29, 0.717) is 12.1 Å². The number of hydrogen-bond donors (Lipinski definition) is 0. The second-order valence-corrected chi connectivity index (χ2v) is 3.03. The van der Waals surface area contributed by atoms with E-state index < -0.39 is 0 Å². The van der Waals surface area contributed by atoms with E-state index in [1.807, 2.05) is 32.9 Å². The minimum Gasteiger partial charge on any atom is -0.533 e. The van der Waals surface area contributed by atoms with E-state index in [9.17, 15) is 4.79 Å².